The Bertz CT molecular complexity index is 2660. The molecule has 2 heterocycles. The van der Waals surface area contributed by atoms with Gasteiger partial charge in [0.05, 0.1) is 51.8 Å². The number of esters is 2. The number of carbonyl (C=O) groups is 2. The molecule has 14 nitrogen and oxygen atoms in total. The van der Waals surface area contributed by atoms with Crippen LogP contribution in [0.2, 0.25) is 0 Å². The molecule has 394 valence electrons. The van der Waals surface area contributed by atoms with Gasteiger partial charge >= 0.3 is 11.9 Å². The first-order valence-corrected chi connectivity index (χ1v) is 25.5. The maximum Gasteiger partial charge on any atom is 0.338 e. The third kappa shape index (κ3) is 16.4. The van der Waals surface area contributed by atoms with Gasteiger partial charge in [0.1, 0.15) is 36.6 Å². The fourth-order valence-corrected chi connectivity index (χ4v) is 8.68. The van der Waals surface area contributed by atoms with E-state index in [-0.39, 0.29) is 51.8 Å². The van der Waals surface area contributed by atoms with Crippen molar-refractivity contribution in [1.82, 2.24) is 0 Å². The molecule has 8 rings (SSSR count). The van der Waals surface area contributed by atoms with Gasteiger partial charge in [0.15, 0.2) is 18.5 Å². The molecule has 0 amide bonds. The molecule has 2 fully saturated rings. The highest BCUT2D eigenvalue weighted by Gasteiger charge is 2.54. The summed E-state index contributed by atoms with van der Waals surface area (Å²) in [6.45, 7) is 1.49. The predicted octanol–water partition coefficient (Wildman–Crippen LogP) is 10.5. The van der Waals surface area contributed by atoms with Crippen LogP contribution < -0.4 is 0 Å². The summed E-state index contributed by atoms with van der Waals surface area (Å²) in [7, 11) is 0. The number of hydrogen-bond donors (Lipinski definition) is 1. The topological polar surface area (TPSA) is 160 Å². The Morgan fingerprint density at radius 2 is 0.800 bits per heavy atom. The Labute approximate surface area is 451 Å². The van der Waals surface area contributed by atoms with E-state index in [2.05, 4.69) is 0 Å². The standard InChI is InChI=1S/C58H58Cl3NO13/c1-39(63)71-52-50(68-35-43-26-14-5-15-27-43)48(66-33-41-22-10-3-11-23-41)46(37-65-32-40-20-8-2-9-21-40)72-55(52)70-38-47-49(67-34-42-24-12-4-13-25-42)51(69-36-44-28-16-6-17-29-44)53(56(73-47)75-57(62)58(59,60)61)74-54(64)45-30-18-7-19-31-45/h2-31,46-53,55-56,62H,32-38H2,1H3/t46-,47-,48-,49-,50+,51+,52+,53+,55+,56-/m1/s1. The first-order chi connectivity index (χ1) is 36.5. The maximum absolute atomic E-state index is 14.0. The van der Waals surface area contributed by atoms with Gasteiger partial charge in [0.2, 0.25) is 12.2 Å². The van der Waals surface area contributed by atoms with Crippen molar-refractivity contribution in [3.8, 4) is 0 Å². The Kier molecular flexibility index (Phi) is 20.6. The van der Waals surface area contributed by atoms with E-state index in [4.69, 9.17) is 92.3 Å². The first-order valence-electron chi connectivity index (χ1n) is 24.4. The van der Waals surface area contributed by atoms with Gasteiger partial charge in [-0.25, -0.2) is 4.79 Å². The normalized spacial score (nSPS) is 23.7. The van der Waals surface area contributed by atoms with E-state index in [1.807, 2.05) is 152 Å². The van der Waals surface area contributed by atoms with Gasteiger partial charge in [-0.15, -0.1) is 0 Å². The van der Waals surface area contributed by atoms with Gasteiger partial charge in [-0.1, -0.05) is 205 Å². The molecule has 0 bridgehead atoms. The van der Waals surface area contributed by atoms with Crippen LogP contribution in [0, 0.1) is 5.41 Å². The average Bonchev–Trinajstić information content (AvgIpc) is 3.43. The number of hydrogen-bond acceptors (Lipinski definition) is 14. The summed E-state index contributed by atoms with van der Waals surface area (Å²) >= 11 is 18.6. The minimum absolute atomic E-state index is 0.00779. The highest BCUT2D eigenvalue weighted by Crippen LogP contribution is 2.37. The highest BCUT2D eigenvalue weighted by atomic mass is 35.6. The van der Waals surface area contributed by atoms with Crippen LogP contribution in [0.15, 0.2) is 182 Å². The summed E-state index contributed by atoms with van der Waals surface area (Å²) in [6, 6.07) is 55.9. The molecule has 0 radical (unpaired) electrons. The van der Waals surface area contributed by atoms with E-state index >= 15 is 0 Å². The number of rotatable bonds is 23. The Morgan fingerprint density at radius 1 is 0.440 bits per heavy atom. The molecule has 6 aromatic rings. The predicted molar refractivity (Wildman–Crippen MR) is 280 cm³/mol. The monoisotopic (exact) mass is 1080 g/mol. The van der Waals surface area contributed by atoms with E-state index in [1.54, 1.807) is 30.3 Å². The zero-order chi connectivity index (χ0) is 52.4. The molecule has 2 aliphatic rings. The smallest absolute Gasteiger partial charge is 0.338 e. The summed E-state index contributed by atoms with van der Waals surface area (Å²) in [5.74, 6) is -2.22. The zero-order valence-electron chi connectivity index (χ0n) is 41.0. The summed E-state index contributed by atoms with van der Waals surface area (Å²) in [6.07, 6.45) is -11.9. The number of halogens is 3. The SMILES string of the molecule is CC(=O)O[C@@H]1[C@@H](OC[C@H]2O[C@H](OC(=N)C(Cl)(Cl)Cl)[C@@H](OC(=O)c3ccccc3)[C@@H](OCc3ccccc3)[C@@H]2OCc2ccccc2)O[C@H](COCc2ccccc2)[C@@H](OCc2ccccc2)[C@@H]1OCc1ccccc1. The van der Waals surface area contributed by atoms with Crippen molar-refractivity contribution in [3.63, 3.8) is 0 Å². The lowest BCUT2D eigenvalue weighted by molar-refractivity contribution is -0.340. The number of ether oxygens (including phenoxy) is 11. The summed E-state index contributed by atoms with van der Waals surface area (Å²) in [4.78, 5) is 27.2. The molecule has 0 aliphatic carbocycles. The van der Waals surface area contributed by atoms with E-state index in [0.29, 0.717) is 0 Å². The minimum Gasteiger partial charge on any atom is -0.454 e. The second kappa shape index (κ2) is 27.9. The van der Waals surface area contributed by atoms with Crippen LogP contribution in [0.25, 0.3) is 0 Å². The van der Waals surface area contributed by atoms with Crippen molar-refractivity contribution < 1.29 is 61.7 Å². The molecule has 17 heteroatoms. The van der Waals surface area contributed by atoms with Crippen molar-refractivity contribution >= 4 is 52.6 Å². The van der Waals surface area contributed by atoms with Gasteiger partial charge < -0.3 is 52.1 Å². The Morgan fingerprint density at radius 3 is 1.21 bits per heavy atom. The third-order valence-electron chi connectivity index (χ3n) is 12.2. The quantitative estimate of drug-likeness (QED) is 0.0280. The summed E-state index contributed by atoms with van der Waals surface area (Å²) < 4.78 is 69.6. The van der Waals surface area contributed by atoms with Crippen molar-refractivity contribution in [3.05, 3.63) is 215 Å². The van der Waals surface area contributed by atoms with Crippen molar-refractivity contribution in [2.24, 2.45) is 0 Å². The van der Waals surface area contributed by atoms with Gasteiger partial charge in [0, 0.05) is 6.92 Å². The number of alkyl halides is 3. The molecule has 2 aliphatic heterocycles. The lowest BCUT2D eigenvalue weighted by Gasteiger charge is -2.47. The van der Waals surface area contributed by atoms with E-state index < -0.39 is 83.0 Å². The molecule has 10 atom stereocenters. The molecule has 0 aromatic heterocycles. The van der Waals surface area contributed by atoms with Gasteiger partial charge in [-0.2, -0.15) is 0 Å². The lowest BCUT2D eigenvalue weighted by Crippen LogP contribution is -2.64. The van der Waals surface area contributed by atoms with Crippen LogP contribution in [0.4, 0.5) is 0 Å². The third-order valence-corrected chi connectivity index (χ3v) is 12.7. The molecule has 6 aromatic carbocycles. The molecule has 0 spiro atoms. The van der Waals surface area contributed by atoms with Gasteiger partial charge in [-0.3, -0.25) is 10.2 Å². The molecule has 0 unspecified atom stereocenters. The van der Waals surface area contributed by atoms with Crippen molar-refractivity contribution in [2.45, 2.75) is 105 Å². The Hall–Kier alpha value is -5.72. The summed E-state index contributed by atoms with van der Waals surface area (Å²) in [5, 5.41) is 8.70. The highest BCUT2D eigenvalue weighted by molar-refractivity contribution is 6.76. The molecule has 0 saturated carbocycles. The van der Waals surface area contributed by atoms with Gasteiger partial charge in [-0.05, 0) is 39.9 Å². The second-order valence-corrected chi connectivity index (χ2v) is 20.0. The fraction of sp³-hybridized carbons (Fsp3) is 0.328. The second-order valence-electron chi connectivity index (χ2n) is 17.7. The number of carbonyl (C=O) groups excluding carboxylic acids is 2. The van der Waals surface area contributed by atoms with Crippen LogP contribution in [0.1, 0.15) is 45.1 Å². The van der Waals surface area contributed by atoms with E-state index in [1.165, 1.54) is 6.92 Å². The molecular formula is C58H58Cl3NO13. The van der Waals surface area contributed by atoms with E-state index in [9.17, 15) is 9.59 Å². The number of nitrogens with one attached hydrogen (secondary N) is 1. The number of benzene rings is 6. The van der Waals surface area contributed by atoms with Crippen LogP contribution in [-0.2, 0) is 89.9 Å². The largest absolute Gasteiger partial charge is 0.454 e. The molecule has 2 saturated heterocycles. The zero-order valence-corrected chi connectivity index (χ0v) is 43.3. The Balaban J connectivity index is 1.16. The summed E-state index contributed by atoms with van der Waals surface area (Å²) in [5.41, 5.74) is 4.47. The van der Waals surface area contributed by atoms with Crippen molar-refractivity contribution in [2.75, 3.05) is 13.2 Å². The minimum atomic E-state index is -2.36. The van der Waals surface area contributed by atoms with E-state index in [0.717, 1.165) is 27.8 Å². The first kappa shape index (κ1) is 55.5. The fourth-order valence-electron chi connectivity index (χ4n) is 8.55. The molecule has 1 N–H and O–H groups in total. The lowest BCUT2D eigenvalue weighted by atomic mass is 9.96. The molecule has 75 heavy (non-hydrogen) atoms. The maximum atomic E-state index is 14.0. The van der Waals surface area contributed by atoms with Crippen LogP contribution in [0.5, 0.6) is 0 Å². The van der Waals surface area contributed by atoms with Crippen LogP contribution >= 0.6 is 34.8 Å². The van der Waals surface area contributed by atoms with Crippen molar-refractivity contribution in [1.29, 1.82) is 5.41 Å². The van der Waals surface area contributed by atoms with Crippen LogP contribution in [0.3, 0.4) is 0 Å². The average molecular weight is 1080 g/mol. The molecular weight excluding hydrogens is 1020 g/mol. The van der Waals surface area contributed by atoms with Crippen LogP contribution in [-0.4, -0.2) is 96.3 Å². The van der Waals surface area contributed by atoms with Gasteiger partial charge in [0.25, 0.3) is 3.79 Å².